The van der Waals surface area contributed by atoms with E-state index in [-0.39, 0.29) is 30.5 Å². The Morgan fingerprint density at radius 2 is 1.76 bits per heavy atom. The van der Waals surface area contributed by atoms with Crippen molar-refractivity contribution in [3.8, 4) is 11.5 Å². The van der Waals surface area contributed by atoms with Gasteiger partial charge in [0.25, 0.3) is 0 Å². The van der Waals surface area contributed by atoms with Gasteiger partial charge in [-0.25, -0.2) is 0 Å². The average molecular weight is 416 g/mol. The van der Waals surface area contributed by atoms with Crippen molar-refractivity contribution < 1.29 is 23.8 Å². The van der Waals surface area contributed by atoms with Crippen molar-refractivity contribution in [2.45, 2.75) is 19.3 Å². The monoisotopic (exact) mass is 416 g/mol. The zero-order chi connectivity index (χ0) is 21.1. The molecule has 0 radical (unpaired) electrons. The smallest absolute Gasteiger partial charge is 0.306 e. The standard InChI is InChI=1S/C21H24N2O5S/c1-26-16-8-9-18(27-2)17(14-16)22-21(29)23-19(24)10-11-20(25)28-13-12-15-6-4-3-5-7-15/h3-9,14H,10-13H2,1-2H3,(H2,22,23,24,29). The zero-order valence-corrected chi connectivity index (χ0v) is 17.2. The molecular weight excluding hydrogens is 392 g/mol. The van der Waals surface area contributed by atoms with Gasteiger partial charge in [-0.2, -0.15) is 0 Å². The van der Waals surface area contributed by atoms with E-state index >= 15 is 0 Å². The molecular formula is C21H24N2O5S. The van der Waals surface area contributed by atoms with Crippen molar-refractivity contribution >= 4 is 34.9 Å². The lowest BCUT2D eigenvalue weighted by molar-refractivity contribution is -0.144. The van der Waals surface area contributed by atoms with E-state index in [1.165, 1.54) is 7.11 Å². The van der Waals surface area contributed by atoms with Crippen LogP contribution in [-0.4, -0.2) is 37.8 Å². The van der Waals surface area contributed by atoms with E-state index in [2.05, 4.69) is 10.6 Å². The molecule has 8 heteroatoms. The van der Waals surface area contributed by atoms with Crippen LogP contribution in [0.25, 0.3) is 0 Å². The second kappa shape index (κ2) is 11.7. The number of methoxy groups -OCH3 is 2. The zero-order valence-electron chi connectivity index (χ0n) is 16.4. The van der Waals surface area contributed by atoms with E-state index in [0.29, 0.717) is 23.6 Å². The van der Waals surface area contributed by atoms with Crippen LogP contribution in [0.5, 0.6) is 11.5 Å². The summed E-state index contributed by atoms with van der Waals surface area (Å²) in [5.41, 5.74) is 1.64. The summed E-state index contributed by atoms with van der Waals surface area (Å²) in [4.78, 5) is 23.8. The van der Waals surface area contributed by atoms with E-state index in [1.807, 2.05) is 30.3 Å². The first-order valence-electron chi connectivity index (χ1n) is 9.04. The molecule has 0 atom stereocenters. The third kappa shape index (κ3) is 7.79. The molecule has 2 aromatic carbocycles. The van der Waals surface area contributed by atoms with Gasteiger partial charge in [-0.3, -0.25) is 9.59 Å². The van der Waals surface area contributed by atoms with Crippen LogP contribution in [0.4, 0.5) is 5.69 Å². The Kier molecular flexibility index (Phi) is 8.91. The fraction of sp³-hybridized carbons (Fsp3) is 0.286. The Hall–Kier alpha value is -3.13. The van der Waals surface area contributed by atoms with Gasteiger partial charge in [0.2, 0.25) is 5.91 Å². The molecule has 0 unspecified atom stereocenters. The van der Waals surface area contributed by atoms with Gasteiger partial charge in [-0.1, -0.05) is 30.3 Å². The molecule has 7 nitrogen and oxygen atoms in total. The van der Waals surface area contributed by atoms with Crippen molar-refractivity contribution in [3.05, 3.63) is 54.1 Å². The number of carbonyl (C=O) groups excluding carboxylic acids is 2. The minimum Gasteiger partial charge on any atom is -0.497 e. The number of benzene rings is 2. The van der Waals surface area contributed by atoms with Gasteiger partial charge in [0, 0.05) is 18.9 Å². The maximum Gasteiger partial charge on any atom is 0.306 e. The fourth-order valence-corrected chi connectivity index (χ4v) is 2.69. The van der Waals surface area contributed by atoms with Crippen LogP contribution in [0.3, 0.4) is 0 Å². The Morgan fingerprint density at radius 3 is 2.45 bits per heavy atom. The van der Waals surface area contributed by atoms with E-state index in [0.717, 1.165) is 5.56 Å². The Labute approximate surface area is 175 Å². The lowest BCUT2D eigenvalue weighted by atomic mass is 10.2. The first-order valence-corrected chi connectivity index (χ1v) is 9.45. The van der Waals surface area contributed by atoms with Crippen LogP contribution in [0.1, 0.15) is 18.4 Å². The van der Waals surface area contributed by atoms with Gasteiger partial charge < -0.3 is 24.8 Å². The Morgan fingerprint density at radius 1 is 1.00 bits per heavy atom. The van der Waals surface area contributed by atoms with E-state index in [9.17, 15) is 9.59 Å². The summed E-state index contributed by atoms with van der Waals surface area (Å²) in [7, 11) is 3.07. The number of hydrogen-bond acceptors (Lipinski definition) is 6. The predicted molar refractivity (Wildman–Crippen MR) is 114 cm³/mol. The first-order chi connectivity index (χ1) is 14.0. The van der Waals surface area contributed by atoms with E-state index in [4.69, 9.17) is 26.4 Å². The molecule has 2 rings (SSSR count). The van der Waals surface area contributed by atoms with Crippen LogP contribution >= 0.6 is 12.2 Å². The third-order valence-corrected chi connectivity index (χ3v) is 4.16. The largest absolute Gasteiger partial charge is 0.497 e. The summed E-state index contributed by atoms with van der Waals surface area (Å²) >= 11 is 5.15. The molecule has 29 heavy (non-hydrogen) atoms. The lowest BCUT2D eigenvalue weighted by Crippen LogP contribution is -2.34. The molecule has 0 aliphatic carbocycles. The normalized spacial score (nSPS) is 10.0. The fourth-order valence-electron chi connectivity index (χ4n) is 2.47. The quantitative estimate of drug-likeness (QED) is 0.480. The third-order valence-electron chi connectivity index (χ3n) is 3.96. The molecule has 0 aliphatic rings. The van der Waals surface area contributed by atoms with Crippen LogP contribution in [0, 0.1) is 0 Å². The second-order valence-electron chi connectivity index (χ2n) is 6.02. The molecule has 0 heterocycles. The number of amides is 1. The second-order valence-corrected chi connectivity index (χ2v) is 6.43. The molecule has 1 amide bonds. The van der Waals surface area contributed by atoms with Gasteiger partial charge >= 0.3 is 5.97 Å². The number of thiocarbonyl (C=S) groups is 1. The van der Waals surface area contributed by atoms with Gasteiger partial charge in [0.1, 0.15) is 11.5 Å². The molecule has 2 aromatic rings. The molecule has 0 spiro atoms. The number of carbonyl (C=O) groups is 2. The molecule has 0 bridgehead atoms. The molecule has 2 N–H and O–H groups in total. The van der Waals surface area contributed by atoms with Gasteiger partial charge in [0.15, 0.2) is 5.11 Å². The number of anilines is 1. The van der Waals surface area contributed by atoms with Gasteiger partial charge in [-0.05, 0) is 29.9 Å². The maximum atomic E-state index is 12.0. The van der Waals surface area contributed by atoms with Crippen LogP contribution in [-0.2, 0) is 20.7 Å². The Bertz CT molecular complexity index is 842. The SMILES string of the molecule is COc1ccc(OC)c(NC(=S)NC(=O)CCC(=O)OCCc2ccccc2)c1. The minimum atomic E-state index is -0.426. The number of hydrogen-bond donors (Lipinski definition) is 2. The highest BCUT2D eigenvalue weighted by Crippen LogP contribution is 2.28. The average Bonchev–Trinajstić information content (AvgIpc) is 2.73. The number of ether oxygens (including phenoxy) is 3. The molecule has 154 valence electrons. The summed E-state index contributed by atoms with van der Waals surface area (Å²) in [6, 6.07) is 14.9. The van der Waals surface area contributed by atoms with Gasteiger partial charge in [0.05, 0.1) is 32.9 Å². The highest BCUT2D eigenvalue weighted by Gasteiger charge is 2.12. The van der Waals surface area contributed by atoms with Crippen LogP contribution in [0.15, 0.2) is 48.5 Å². The van der Waals surface area contributed by atoms with Crippen molar-refractivity contribution in [1.29, 1.82) is 0 Å². The van der Waals surface area contributed by atoms with E-state index in [1.54, 1.807) is 25.3 Å². The molecule has 0 saturated heterocycles. The first kappa shape index (κ1) is 22.2. The van der Waals surface area contributed by atoms with Crippen LogP contribution in [0.2, 0.25) is 0 Å². The van der Waals surface area contributed by atoms with Crippen molar-refractivity contribution in [1.82, 2.24) is 5.32 Å². The summed E-state index contributed by atoms with van der Waals surface area (Å²) < 4.78 is 15.6. The Balaban J connectivity index is 1.71. The lowest BCUT2D eigenvalue weighted by Gasteiger charge is -2.14. The van der Waals surface area contributed by atoms with E-state index < -0.39 is 5.97 Å². The summed E-state index contributed by atoms with van der Waals surface area (Å²) in [5, 5.41) is 5.51. The number of nitrogens with one attached hydrogen (secondary N) is 2. The molecule has 0 saturated carbocycles. The van der Waals surface area contributed by atoms with Gasteiger partial charge in [-0.15, -0.1) is 0 Å². The summed E-state index contributed by atoms with van der Waals surface area (Å²) in [6.07, 6.45) is 0.585. The van der Waals surface area contributed by atoms with Crippen LogP contribution < -0.4 is 20.1 Å². The molecule has 0 fully saturated rings. The number of esters is 1. The highest BCUT2D eigenvalue weighted by atomic mass is 32.1. The predicted octanol–water partition coefficient (Wildman–Crippen LogP) is 3.08. The minimum absolute atomic E-state index is 0.0221. The maximum absolute atomic E-state index is 12.0. The molecule has 0 aromatic heterocycles. The number of rotatable bonds is 9. The molecule has 0 aliphatic heterocycles. The van der Waals surface area contributed by atoms with Crippen molar-refractivity contribution in [2.24, 2.45) is 0 Å². The van der Waals surface area contributed by atoms with Crippen molar-refractivity contribution in [2.75, 3.05) is 26.1 Å². The van der Waals surface area contributed by atoms with Crippen molar-refractivity contribution in [3.63, 3.8) is 0 Å². The summed E-state index contributed by atoms with van der Waals surface area (Å²) in [6.45, 7) is 0.278. The topological polar surface area (TPSA) is 85.9 Å². The summed E-state index contributed by atoms with van der Waals surface area (Å²) in [5.74, 6) is 0.346. The highest BCUT2D eigenvalue weighted by molar-refractivity contribution is 7.80.